The summed E-state index contributed by atoms with van der Waals surface area (Å²) >= 11 is 1.83. The Hall–Kier alpha value is -1.00. The molecule has 3 nitrogen and oxygen atoms in total. The van der Waals surface area contributed by atoms with Gasteiger partial charge in [0.05, 0.1) is 5.92 Å². The minimum absolute atomic E-state index is 0.120. The smallest absolute Gasteiger partial charge is 0.228 e. The Morgan fingerprint density at radius 3 is 2.67 bits per heavy atom. The molecule has 98 valence electrons. The fraction of sp³-hybridized carbons (Fsp3) is 0.500. The zero-order valence-corrected chi connectivity index (χ0v) is 11.7. The van der Waals surface area contributed by atoms with Crippen LogP contribution >= 0.6 is 11.8 Å². The SMILES string of the molecule is CC(C)Sc1ccc(NC(=O)C2CCNC2)cc1. The van der Waals surface area contributed by atoms with E-state index in [1.165, 1.54) is 4.90 Å². The Kier molecular flexibility index (Phi) is 4.66. The van der Waals surface area contributed by atoms with E-state index in [9.17, 15) is 4.79 Å². The quantitative estimate of drug-likeness (QED) is 0.822. The average molecular weight is 264 g/mol. The molecule has 1 atom stereocenters. The maximum Gasteiger partial charge on any atom is 0.228 e. The first-order valence-electron chi connectivity index (χ1n) is 6.43. The molecule has 4 heteroatoms. The van der Waals surface area contributed by atoms with Gasteiger partial charge in [-0.15, -0.1) is 11.8 Å². The number of nitrogens with one attached hydrogen (secondary N) is 2. The van der Waals surface area contributed by atoms with Gasteiger partial charge in [-0.1, -0.05) is 13.8 Å². The van der Waals surface area contributed by atoms with Gasteiger partial charge < -0.3 is 10.6 Å². The van der Waals surface area contributed by atoms with Crippen LogP contribution in [0.3, 0.4) is 0 Å². The summed E-state index contributed by atoms with van der Waals surface area (Å²) in [5, 5.41) is 6.76. The minimum atomic E-state index is 0.120. The molecule has 0 spiro atoms. The summed E-state index contributed by atoms with van der Waals surface area (Å²) in [6.45, 7) is 6.09. The van der Waals surface area contributed by atoms with Crippen molar-refractivity contribution in [2.75, 3.05) is 18.4 Å². The largest absolute Gasteiger partial charge is 0.326 e. The van der Waals surface area contributed by atoms with Gasteiger partial charge in [0.1, 0.15) is 0 Å². The molecule has 18 heavy (non-hydrogen) atoms. The van der Waals surface area contributed by atoms with E-state index in [1.54, 1.807) is 0 Å². The molecule has 1 unspecified atom stereocenters. The Morgan fingerprint density at radius 1 is 1.39 bits per heavy atom. The van der Waals surface area contributed by atoms with Crippen LogP contribution in [0.15, 0.2) is 29.2 Å². The summed E-state index contributed by atoms with van der Waals surface area (Å²) in [6.07, 6.45) is 0.938. The van der Waals surface area contributed by atoms with Gasteiger partial charge in [0.25, 0.3) is 0 Å². The molecule has 1 amide bonds. The number of hydrogen-bond acceptors (Lipinski definition) is 3. The van der Waals surface area contributed by atoms with Crippen LogP contribution in [0.4, 0.5) is 5.69 Å². The Labute approximate surface area is 113 Å². The third-order valence-electron chi connectivity index (χ3n) is 2.92. The van der Waals surface area contributed by atoms with Gasteiger partial charge in [-0.3, -0.25) is 4.79 Å². The third kappa shape index (κ3) is 3.75. The first-order chi connectivity index (χ1) is 8.65. The topological polar surface area (TPSA) is 41.1 Å². The van der Waals surface area contributed by atoms with E-state index >= 15 is 0 Å². The van der Waals surface area contributed by atoms with Gasteiger partial charge in [0.15, 0.2) is 0 Å². The predicted molar refractivity (Wildman–Crippen MR) is 77.0 cm³/mol. The zero-order chi connectivity index (χ0) is 13.0. The van der Waals surface area contributed by atoms with Crippen LogP contribution in [0.1, 0.15) is 20.3 Å². The number of carbonyl (C=O) groups excluding carboxylic acids is 1. The van der Waals surface area contributed by atoms with Gasteiger partial charge in [-0.2, -0.15) is 0 Å². The molecule has 0 aliphatic carbocycles. The van der Waals surface area contributed by atoms with Gasteiger partial charge in [0.2, 0.25) is 5.91 Å². The van der Waals surface area contributed by atoms with E-state index in [0.29, 0.717) is 5.25 Å². The van der Waals surface area contributed by atoms with Crippen molar-refractivity contribution in [3.8, 4) is 0 Å². The van der Waals surface area contributed by atoms with E-state index in [-0.39, 0.29) is 11.8 Å². The second kappa shape index (κ2) is 6.25. The van der Waals surface area contributed by atoms with E-state index in [4.69, 9.17) is 0 Å². The molecule has 1 saturated heterocycles. The van der Waals surface area contributed by atoms with E-state index < -0.39 is 0 Å². The van der Waals surface area contributed by atoms with Crippen LogP contribution in [0.2, 0.25) is 0 Å². The van der Waals surface area contributed by atoms with E-state index in [1.807, 2.05) is 23.9 Å². The lowest BCUT2D eigenvalue weighted by Crippen LogP contribution is -2.24. The molecule has 2 N–H and O–H groups in total. The molecule has 0 radical (unpaired) electrons. The van der Waals surface area contributed by atoms with Gasteiger partial charge in [0, 0.05) is 22.4 Å². The number of carbonyl (C=O) groups is 1. The number of benzene rings is 1. The molecule has 2 rings (SSSR count). The summed E-state index contributed by atoms with van der Waals surface area (Å²) in [5.74, 6) is 0.249. The number of rotatable bonds is 4. The van der Waals surface area contributed by atoms with Crippen molar-refractivity contribution in [1.82, 2.24) is 5.32 Å². The molecule has 0 bridgehead atoms. The van der Waals surface area contributed by atoms with Crippen molar-refractivity contribution >= 4 is 23.4 Å². The number of thioether (sulfide) groups is 1. The van der Waals surface area contributed by atoms with Crippen LogP contribution < -0.4 is 10.6 Å². The molecule has 1 aliphatic rings. The van der Waals surface area contributed by atoms with Gasteiger partial charge >= 0.3 is 0 Å². The molecule has 0 saturated carbocycles. The van der Waals surface area contributed by atoms with Crippen LogP contribution in [0.25, 0.3) is 0 Å². The van der Waals surface area contributed by atoms with Crippen molar-refractivity contribution in [2.45, 2.75) is 30.4 Å². The third-order valence-corrected chi connectivity index (χ3v) is 3.94. The Bertz CT molecular complexity index is 397. The van der Waals surface area contributed by atoms with E-state index in [0.717, 1.165) is 25.2 Å². The molecular weight excluding hydrogens is 244 g/mol. The van der Waals surface area contributed by atoms with Crippen LogP contribution in [-0.4, -0.2) is 24.2 Å². The lowest BCUT2D eigenvalue weighted by atomic mass is 10.1. The lowest BCUT2D eigenvalue weighted by Gasteiger charge is -2.10. The van der Waals surface area contributed by atoms with Gasteiger partial charge in [-0.05, 0) is 37.2 Å². The first-order valence-corrected chi connectivity index (χ1v) is 7.31. The summed E-state index contributed by atoms with van der Waals surface area (Å²) in [6, 6.07) is 8.08. The second-order valence-electron chi connectivity index (χ2n) is 4.87. The highest BCUT2D eigenvalue weighted by atomic mass is 32.2. The molecule has 1 aliphatic heterocycles. The average Bonchev–Trinajstić information content (AvgIpc) is 2.84. The number of hydrogen-bond donors (Lipinski definition) is 2. The van der Waals surface area contributed by atoms with Crippen LogP contribution in [-0.2, 0) is 4.79 Å². The summed E-state index contributed by atoms with van der Waals surface area (Å²) in [4.78, 5) is 13.2. The first kappa shape index (κ1) is 13.4. The maximum absolute atomic E-state index is 11.9. The van der Waals surface area contributed by atoms with Crippen molar-refractivity contribution in [2.24, 2.45) is 5.92 Å². The van der Waals surface area contributed by atoms with Crippen molar-refractivity contribution < 1.29 is 4.79 Å². The van der Waals surface area contributed by atoms with E-state index in [2.05, 4.69) is 36.6 Å². The van der Waals surface area contributed by atoms with Crippen molar-refractivity contribution in [3.05, 3.63) is 24.3 Å². The lowest BCUT2D eigenvalue weighted by molar-refractivity contribution is -0.119. The minimum Gasteiger partial charge on any atom is -0.326 e. The Balaban J connectivity index is 1.91. The molecule has 1 aromatic carbocycles. The Morgan fingerprint density at radius 2 is 2.11 bits per heavy atom. The van der Waals surface area contributed by atoms with Crippen LogP contribution in [0, 0.1) is 5.92 Å². The normalized spacial score (nSPS) is 19.2. The standard InChI is InChI=1S/C14H20N2OS/c1-10(2)18-13-5-3-12(4-6-13)16-14(17)11-7-8-15-9-11/h3-6,10-11,15H,7-9H2,1-2H3,(H,16,17). The summed E-state index contributed by atoms with van der Waals surface area (Å²) in [5.41, 5.74) is 0.889. The molecule has 1 fully saturated rings. The summed E-state index contributed by atoms with van der Waals surface area (Å²) in [7, 11) is 0. The van der Waals surface area contributed by atoms with Crippen molar-refractivity contribution in [1.29, 1.82) is 0 Å². The molecular formula is C14H20N2OS. The monoisotopic (exact) mass is 264 g/mol. The predicted octanol–water partition coefficient (Wildman–Crippen LogP) is 2.74. The second-order valence-corrected chi connectivity index (χ2v) is 6.52. The highest BCUT2D eigenvalue weighted by molar-refractivity contribution is 7.99. The number of amides is 1. The molecule has 1 heterocycles. The highest BCUT2D eigenvalue weighted by Crippen LogP contribution is 2.24. The van der Waals surface area contributed by atoms with Gasteiger partial charge in [-0.25, -0.2) is 0 Å². The fourth-order valence-corrected chi connectivity index (χ4v) is 2.85. The molecule has 1 aromatic rings. The molecule has 0 aromatic heterocycles. The van der Waals surface area contributed by atoms with Crippen LogP contribution in [0.5, 0.6) is 0 Å². The fourth-order valence-electron chi connectivity index (χ4n) is 2.01. The maximum atomic E-state index is 11.9. The number of anilines is 1. The van der Waals surface area contributed by atoms with Crippen molar-refractivity contribution in [3.63, 3.8) is 0 Å². The zero-order valence-electron chi connectivity index (χ0n) is 10.9. The summed E-state index contributed by atoms with van der Waals surface area (Å²) < 4.78 is 0. The highest BCUT2D eigenvalue weighted by Gasteiger charge is 2.22.